The number of rotatable bonds is 2. The van der Waals surface area contributed by atoms with Gasteiger partial charge in [-0.2, -0.15) is 5.26 Å². The van der Waals surface area contributed by atoms with Crippen LogP contribution in [0.1, 0.15) is 16.7 Å². The van der Waals surface area contributed by atoms with E-state index in [1.54, 1.807) is 0 Å². The first-order chi connectivity index (χ1) is 9.72. The van der Waals surface area contributed by atoms with Crippen molar-refractivity contribution in [2.45, 2.75) is 0 Å². The van der Waals surface area contributed by atoms with Crippen LogP contribution in [-0.4, -0.2) is 0 Å². The van der Waals surface area contributed by atoms with Crippen molar-refractivity contribution >= 4 is 11.1 Å². The number of hydrogen-bond acceptors (Lipinski definition) is 1. The van der Waals surface area contributed by atoms with Crippen molar-refractivity contribution in [2.24, 2.45) is 0 Å². The van der Waals surface area contributed by atoms with Gasteiger partial charge >= 0.3 is 0 Å². The molecule has 0 fully saturated rings. The van der Waals surface area contributed by atoms with E-state index in [9.17, 15) is 0 Å². The summed E-state index contributed by atoms with van der Waals surface area (Å²) in [5.74, 6) is 0. The van der Waals surface area contributed by atoms with Gasteiger partial charge in [0.05, 0.1) is 11.6 Å². The fraction of sp³-hybridized carbons (Fsp3) is 0. The van der Waals surface area contributed by atoms with Gasteiger partial charge in [-0.1, -0.05) is 55.6 Å². The average molecular weight is 255 g/mol. The Kier molecular flexibility index (Phi) is 2.85. The largest absolute Gasteiger partial charge is 0.192 e. The second kappa shape index (κ2) is 4.68. The molecule has 0 saturated carbocycles. The summed E-state index contributed by atoms with van der Waals surface area (Å²) in [7, 11) is 0. The maximum Gasteiger partial charge on any atom is 0.0991 e. The molecular formula is C19H13N. The molecule has 3 rings (SSSR count). The third-order valence-electron chi connectivity index (χ3n) is 3.58. The SMILES string of the molecule is C=C1C(=C)C(c2ccc(C#N)cc2)=C1c1ccccc1. The summed E-state index contributed by atoms with van der Waals surface area (Å²) in [5, 5.41) is 8.87. The molecule has 1 nitrogen and oxygen atoms in total. The smallest absolute Gasteiger partial charge is 0.0991 e. The molecule has 1 aliphatic rings. The molecule has 20 heavy (non-hydrogen) atoms. The van der Waals surface area contributed by atoms with E-state index < -0.39 is 0 Å². The minimum absolute atomic E-state index is 0.666. The van der Waals surface area contributed by atoms with Gasteiger partial charge in [0.25, 0.3) is 0 Å². The third kappa shape index (κ3) is 1.79. The second-order valence-corrected chi connectivity index (χ2v) is 4.76. The minimum atomic E-state index is 0.666. The van der Waals surface area contributed by atoms with Crippen LogP contribution in [0.15, 0.2) is 78.9 Å². The van der Waals surface area contributed by atoms with Crippen molar-refractivity contribution in [2.75, 3.05) is 0 Å². The molecule has 94 valence electrons. The third-order valence-corrected chi connectivity index (χ3v) is 3.58. The summed E-state index contributed by atoms with van der Waals surface area (Å²) in [6, 6.07) is 19.9. The fourth-order valence-corrected chi connectivity index (χ4v) is 2.49. The topological polar surface area (TPSA) is 23.8 Å². The van der Waals surface area contributed by atoms with Gasteiger partial charge < -0.3 is 0 Å². The zero-order valence-corrected chi connectivity index (χ0v) is 11.1. The zero-order chi connectivity index (χ0) is 14.1. The number of hydrogen-bond donors (Lipinski definition) is 0. The Balaban J connectivity index is 2.14. The van der Waals surface area contributed by atoms with E-state index in [-0.39, 0.29) is 0 Å². The molecule has 0 heterocycles. The Morgan fingerprint density at radius 1 is 0.700 bits per heavy atom. The zero-order valence-electron chi connectivity index (χ0n) is 11.1. The first-order valence-corrected chi connectivity index (χ1v) is 6.41. The summed E-state index contributed by atoms with van der Waals surface area (Å²) in [4.78, 5) is 0. The Bertz CT molecular complexity index is 769. The lowest BCUT2D eigenvalue weighted by molar-refractivity contribution is 1.43. The van der Waals surface area contributed by atoms with E-state index in [2.05, 4.69) is 31.4 Å². The molecule has 0 N–H and O–H groups in total. The van der Waals surface area contributed by atoms with Gasteiger partial charge in [0.15, 0.2) is 0 Å². The lowest BCUT2D eigenvalue weighted by atomic mass is 9.73. The minimum Gasteiger partial charge on any atom is -0.192 e. The fourth-order valence-electron chi connectivity index (χ4n) is 2.49. The molecule has 0 aromatic heterocycles. The van der Waals surface area contributed by atoms with E-state index in [0.717, 1.165) is 33.4 Å². The molecule has 0 spiro atoms. The van der Waals surface area contributed by atoms with Gasteiger partial charge in [-0.3, -0.25) is 0 Å². The highest BCUT2D eigenvalue weighted by Gasteiger charge is 2.28. The van der Waals surface area contributed by atoms with Crippen LogP contribution in [-0.2, 0) is 0 Å². The number of nitrogens with zero attached hydrogens (tertiary/aromatic N) is 1. The highest BCUT2D eigenvalue weighted by atomic mass is 14.3. The number of allylic oxidation sites excluding steroid dienone is 4. The van der Waals surface area contributed by atoms with Crippen LogP contribution in [0.5, 0.6) is 0 Å². The molecule has 1 heteroatoms. The summed E-state index contributed by atoms with van der Waals surface area (Å²) in [6.07, 6.45) is 0. The van der Waals surface area contributed by atoms with Crippen LogP contribution >= 0.6 is 0 Å². The predicted octanol–water partition coefficient (Wildman–Crippen LogP) is 4.60. The second-order valence-electron chi connectivity index (χ2n) is 4.76. The van der Waals surface area contributed by atoms with E-state index in [1.807, 2.05) is 42.5 Å². The Labute approximate surface area is 118 Å². The van der Waals surface area contributed by atoms with Crippen molar-refractivity contribution in [3.05, 3.63) is 95.6 Å². The monoisotopic (exact) mass is 255 g/mol. The van der Waals surface area contributed by atoms with Crippen molar-refractivity contribution < 1.29 is 0 Å². The maximum absolute atomic E-state index is 8.87. The Morgan fingerprint density at radius 3 is 1.70 bits per heavy atom. The van der Waals surface area contributed by atoms with Crippen molar-refractivity contribution in [1.82, 2.24) is 0 Å². The molecule has 0 unspecified atom stereocenters. The number of nitriles is 1. The van der Waals surface area contributed by atoms with Crippen LogP contribution in [0.25, 0.3) is 11.1 Å². The van der Waals surface area contributed by atoms with Gasteiger partial charge in [-0.15, -0.1) is 0 Å². The quantitative estimate of drug-likeness (QED) is 0.769. The molecule has 0 aliphatic heterocycles. The van der Waals surface area contributed by atoms with Crippen LogP contribution in [0.3, 0.4) is 0 Å². The summed E-state index contributed by atoms with van der Waals surface area (Å²) in [6.45, 7) is 8.19. The van der Waals surface area contributed by atoms with Crippen LogP contribution < -0.4 is 0 Å². The van der Waals surface area contributed by atoms with Crippen LogP contribution in [0.2, 0.25) is 0 Å². The van der Waals surface area contributed by atoms with E-state index in [1.165, 1.54) is 0 Å². The molecule has 2 aromatic rings. The van der Waals surface area contributed by atoms with Gasteiger partial charge in [0.2, 0.25) is 0 Å². The Hall–Kier alpha value is -2.85. The molecular weight excluding hydrogens is 242 g/mol. The first kappa shape index (κ1) is 12.2. The maximum atomic E-state index is 8.87. The standard InChI is InChI=1S/C19H13N/c1-13-14(2)19(17-10-8-15(12-20)9-11-17)18(13)16-6-4-3-5-7-16/h3-11H,1-2H2. The van der Waals surface area contributed by atoms with Crippen LogP contribution in [0, 0.1) is 11.3 Å². The lowest BCUT2D eigenvalue weighted by Gasteiger charge is -2.30. The van der Waals surface area contributed by atoms with Crippen LogP contribution in [0.4, 0.5) is 0 Å². The highest BCUT2D eigenvalue weighted by Crippen LogP contribution is 2.49. The molecule has 0 amide bonds. The van der Waals surface area contributed by atoms with Gasteiger partial charge in [0.1, 0.15) is 0 Å². The lowest BCUT2D eigenvalue weighted by Crippen LogP contribution is -2.09. The van der Waals surface area contributed by atoms with E-state index >= 15 is 0 Å². The van der Waals surface area contributed by atoms with Gasteiger partial charge in [-0.25, -0.2) is 0 Å². The van der Waals surface area contributed by atoms with Gasteiger partial charge in [-0.05, 0) is 45.6 Å². The molecule has 0 atom stereocenters. The van der Waals surface area contributed by atoms with Crippen molar-refractivity contribution in [1.29, 1.82) is 5.26 Å². The number of benzene rings is 2. The van der Waals surface area contributed by atoms with Crippen molar-refractivity contribution in [3.63, 3.8) is 0 Å². The first-order valence-electron chi connectivity index (χ1n) is 6.41. The van der Waals surface area contributed by atoms with Gasteiger partial charge in [0, 0.05) is 0 Å². The summed E-state index contributed by atoms with van der Waals surface area (Å²) >= 11 is 0. The summed E-state index contributed by atoms with van der Waals surface area (Å²) < 4.78 is 0. The Morgan fingerprint density at radius 2 is 1.20 bits per heavy atom. The highest BCUT2D eigenvalue weighted by molar-refractivity contribution is 6.17. The van der Waals surface area contributed by atoms with E-state index in [0.29, 0.717) is 5.56 Å². The average Bonchev–Trinajstić information content (AvgIpc) is 2.52. The normalized spacial score (nSPS) is 13.9. The molecule has 0 saturated heterocycles. The predicted molar refractivity (Wildman–Crippen MR) is 82.7 cm³/mol. The molecule has 0 bridgehead atoms. The summed E-state index contributed by atoms with van der Waals surface area (Å²) in [5.41, 5.74) is 7.17. The molecule has 2 aromatic carbocycles. The van der Waals surface area contributed by atoms with Crippen molar-refractivity contribution in [3.8, 4) is 6.07 Å². The van der Waals surface area contributed by atoms with E-state index in [4.69, 9.17) is 5.26 Å². The molecule has 0 radical (unpaired) electrons. The molecule has 1 aliphatic carbocycles.